The second-order valence-electron chi connectivity index (χ2n) is 4.48. The minimum atomic E-state index is -0.215. The van der Waals surface area contributed by atoms with E-state index >= 15 is 0 Å². The molecule has 1 heterocycles. The van der Waals surface area contributed by atoms with Gasteiger partial charge in [-0.25, -0.2) is 4.98 Å². The Hall–Kier alpha value is -1.61. The normalized spacial score (nSPS) is 11.7. The molecule has 84 valence electrons. The van der Waals surface area contributed by atoms with Crippen LogP contribution in [0.3, 0.4) is 0 Å². The van der Waals surface area contributed by atoms with E-state index in [0.29, 0.717) is 12.4 Å². The predicted octanol–water partition coefficient (Wildman–Crippen LogP) is 2.58. The van der Waals surface area contributed by atoms with Crippen molar-refractivity contribution in [1.29, 1.82) is 0 Å². The molecule has 0 saturated carbocycles. The van der Waals surface area contributed by atoms with Gasteiger partial charge in [0, 0.05) is 12.1 Å². The summed E-state index contributed by atoms with van der Waals surface area (Å²) in [4.78, 5) is 4.29. The Balaban J connectivity index is 2.34. The average Bonchev–Trinajstić information content (AvgIpc) is 2.80. The second-order valence-corrected chi connectivity index (χ2v) is 4.48. The fourth-order valence-corrected chi connectivity index (χ4v) is 1.41. The van der Waals surface area contributed by atoms with Crippen LogP contribution in [-0.2, 0) is 5.41 Å². The molecule has 0 amide bonds. The van der Waals surface area contributed by atoms with Crippen molar-refractivity contribution >= 4 is 0 Å². The number of oxazole rings is 1. The van der Waals surface area contributed by atoms with Crippen LogP contribution in [0.5, 0.6) is 0 Å². The van der Waals surface area contributed by atoms with Crippen molar-refractivity contribution in [2.45, 2.75) is 19.3 Å². The minimum absolute atomic E-state index is 0.215. The first-order valence-corrected chi connectivity index (χ1v) is 5.35. The minimum Gasteiger partial charge on any atom is -0.440 e. The van der Waals surface area contributed by atoms with Gasteiger partial charge in [0.2, 0.25) is 5.89 Å². The van der Waals surface area contributed by atoms with Gasteiger partial charge in [-0.15, -0.1) is 0 Å². The van der Waals surface area contributed by atoms with Gasteiger partial charge < -0.3 is 10.2 Å². The molecular formula is C13H16N2O. The van der Waals surface area contributed by atoms with Crippen LogP contribution in [-0.4, -0.2) is 11.5 Å². The maximum atomic E-state index is 5.73. The molecule has 2 N–H and O–H groups in total. The lowest BCUT2D eigenvalue weighted by atomic mass is 9.94. The van der Waals surface area contributed by atoms with E-state index in [9.17, 15) is 0 Å². The first-order chi connectivity index (χ1) is 7.63. The summed E-state index contributed by atoms with van der Waals surface area (Å²) >= 11 is 0. The highest BCUT2D eigenvalue weighted by Gasteiger charge is 2.24. The zero-order valence-corrected chi connectivity index (χ0v) is 9.60. The molecule has 2 rings (SSSR count). The van der Waals surface area contributed by atoms with Crippen LogP contribution in [0.4, 0.5) is 0 Å². The number of benzene rings is 1. The van der Waals surface area contributed by atoms with Crippen molar-refractivity contribution in [1.82, 2.24) is 4.98 Å². The van der Waals surface area contributed by atoms with E-state index in [1.807, 2.05) is 44.2 Å². The lowest BCUT2D eigenvalue weighted by Gasteiger charge is -2.17. The molecule has 0 saturated heterocycles. The summed E-state index contributed by atoms with van der Waals surface area (Å²) in [5.74, 6) is 1.48. The van der Waals surface area contributed by atoms with Crippen molar-refractivity contribution < 1.29 is 4.42 Å². The Morgan fingerprint density at radius 2 is 1.94 bits per heavy atom. The van der Waals surface area contributed by atoms with Gasteiger partial charge in [-0.2, -0.15) is 0 Å². The maximum Gasteiger partial charge on any atom is 0.201 e. The molecule has 16 heavy (non-hydrogen) atoms. The molecule has 3 nitrogen and oxygen atoms in total. The molecule has 3 heteroatoms. The Morgan fingerprint density at radius 3 is 2.56 bits per heavy atom. The molecule has 0 spiro atoms. The summed E-state index contributed by atoms with van der Waals surface area (Å²) in [7, 11) is 0. The summed E-state index contributed by atoms with van der Waals surface area (Å²) in [6.07, 6.45) is 1.75. The number of hydrogen-bond acceptors (Lipinski definition) is 3. The SMILES string of the molecule is CC(C)(CN)c1ncc(-c2ccccc2)o1. The predicted molar refractivity (Wildman–Crippen MR) is 64.0 cm³/mol. The van der Waals surface area contributed by atoms with E-state index in [2.05, 4.69) is 4.98 Å². The summed E-state index contributed by atoms with van der Waals surface area (Å²) in [6, 6.07) is 9.93. The molecule has 0 radical (unpaired) electrons. The highest BCUT2D eigenvalue weighted by atomic mass is 16.4. The summed E-state index contributed by atoms with van der Waals surface area (Å²) in [5, 5.41) is 0. The zero-order valence-electron chi connectivity index (χ0n) is 9.60. The van der Waals surface area contributed by atoms with E-state index < -0.39 is 0 Å². The van der Waals surface area contributed by atoms with Gasteiger partial charge in [-0.05, 0) is 13.8 Å². The number of rotatable bonds is 3. The first-order valence-electron chi connectivity index (χ1n) is 5.35. The van der Waals surface area contributed by atoms with E-state index in [4.69, 9.17) is 10.2 Å². The summed E-state index contributed by atoms with van der Waals surface area (Å²) in [5.41, 5.74) is 6.51. The fourth-order valence-electron chi connectivity index (χ4n) is 1.41. The van der Waals surface area contributed by atoms with Gasteiger partial charge in [-0.1, -0.05) is 30.3 Å². The molecule has 0 aliphatic rings. The van der Waals surface area contributed by atoms with E-state index in [1.54, 1.807) is 6.20 Å². The van der Waals surface area contributed by atoms with E-state index in [0.717, 1.165) is 11.3 Å². The Morgan fingerprint density at radius 1 is 1.25 bits per heavy atom. The molecule has 0 fully saturated rings. The summed E-state index contributed by atoms with van der Waals surface area (Å²) in [6.45, 7) is 4.56. The zero-order chi connectivity index (χ0) is 11.6. The van der Waals surface area contributed by atoms with Gasteiger partial charge in [-0.3, -0.25) is 0 Å². The third kappa shape index (κ3) is 1.99. The monoisotopic (exact) mass is 216 g/mol. The van der Waals surface area contributed by atoms with Crippen LogP contribution < -0.4 is 5.73 Å². The number of aromatic nitrogens is 1. The summed E-state index contributed by atoms with van der Waals surface area (Å²) < 4.78 is 5.73. The lowest BCUT2D eigenvalue weighted by molar-refractivity contribution is 0.381. The molecule has 0 unspecified atom stereocenters. The highest BCUT2D eigenvalue weighted by molar-refractivity contribution is 5.55. The third-order valence-electron chi connectivity index (χ3n) is 2.65. The van der Waals surface area contributed by atoms with Gasteiger partial charge in [0.15, 0.2) is 5.76 Å². The van der Waals surface area contributed by atoms with Crippen molar-refractivity contribution in [2.75, 3.05) is 6.54 Å². The molecule has 0 atom stereocenters. The Labute approximate surface area is 95.3 Å². The van der Waals surface area contributed by atoms with Crippen LogP contribution in [0.2, 0.25) is 0 Å². The number of hydrogen-bond donors (Lipinski definition) is 1. The lowest BCUT2D eigenvalue weighted by Crippen LogP contribution is -2.28. The first kappa shape index (κ1) is 10.9. The van der Waals surface area contributed by atoms with E-state index in [-0.39, 0.29) is 5.41 Å². The number of nitrogens with zero attached hydrogens (tertiary/aromatic N) is 1. The standard InChI is InChI=1S/C13H16N2O/c1-13(2,9-14)12-15-8-11(16-12)10-6-4-3-5-7-10/h3-8H,9,14H2,1-2H3. The molecular weight excluding hydrogens is 200 g/mol. The van der Waals surface area contributed by atoms with Crippen LogP contribution in [0.1, 0.15) is 19.7 Å². The quantitative estimate of drug-likeness (QED) is 0.857. The second kappa shape index (κ2) is 4.10. The van der Waals surface area contributed by atoms with Crippen LogP contribution >= 0.6 is 0 Å². The van der Waals surface area contributed by atoms with Crippen molar-refractivity contribution in [3.05, 3.63) is 42.4 Å². The third-order valence-corrected chi connectivity index (χ3v) is 2.65. The molecule has 2 aromatic rings. The molecule has 0 aliphatic carbocycles. The van der Waals surface area contributed by atoms with Gasteiger partial charge >= 0.3 is 0 Å². The van der Waals surface area contributed by atoms with Crippen molar-refractivity contribution in [3.63, 3.8) is 0 Å². The Kier molecular flexibility index (Phi) is 2.79. The smallest absolute Gasteiger partial charge is 0.201 e. The van der Waals surface area contributed by atoms with Crippen LogP contribution in [0.25, 0.3) is 11.3 Å². The fraction of sp³-hybridized carbons (Fsp3) is 0.308. The van der Waals surface area contributed by atoms with E-state index in [1.165, 1.54) is 0 Å². The van der Waals surface area contributed by atoms with Crippen LogP contribution in [0, 0.1) is 0 Å². The molecule has 0 aliphatic heterocycles. The van der Waals surface area contributed by atoms with Gasteiger partial charge in [0.25, 0.3) is 0 Å². The highest BCUT2D eigenvalue weighted by Crippen LogP contribution is 2.26. The Bertz CT molecular complexity index is 460. The van der Waals surface area contributed by atoms with Gasteiger partial charge in [0.1, 0.15) is 0 Å². The molecule has 1 aromatic carbocycles. The average molecular weight is 216 g/mol. The maximum absolute atomic E-state index is 5.73. The topological polar surface area (TPSA) is 52.0 Å². The van der Waals surface area contributed by atoms with Crippen molar-refractivity contribution in [2.24, 2.45) is 5.73 Å². The largest absolute Gasteiger partial charge is 0.440 e. The number of nitrogens with two attached hydrogens (primary N) is 1. The molecule has 0 bridgehead atoms. The van der Waals surface area contributed by atoms with Crippen LogP contribution in [0.15, 0.2) is 40.9 Å². The molecule has 1 aromatic heterocycles. The van der Waals surface area contributed by atoms with Crippen molar-refractivity contribution in [3.8, 4) is 11.3 Å². The van der Waals surface area contributed by atoms with Gasteiger partial charge in [0.05, 0.1) is 11.6 Å².